The van der Waals surface area contributed by atoms with Gasteiger partial charge in [-0.05, 0) is 31.9 Å². The average Bonchev–Trinajstić information content (AvgIpc) is 2.29. The molecule has 2 atom stereocenters. The van der Waals surface area contributed by atoms with Crippen LogP contribution in [-0.2, 0) is 4.79 Å². The molecule has 0 aromatic heterocycles. The summed E-state index contributed by atoms with van der Waals surface area (Å²) in [6.45, 7) is 8.21. The van der Waals surface area contributed by atoms with Crippen molar-refractivity contribution in [3.8, 4) is 0 Å². The number of rotatable bonds is 5. The first-order chi connectivity index (χ1) is 8.00. The van der Waals surface area contributed by atoms with Gasteiger partial charge in [-0.1, -0.05) is 32.0 Å². The van der Waals surface area contributed by atoms with Gasteiger partial charge in [0.25, 0.3) is 0 Å². The van der Waals surface area contributed by atoms with Gasteiger partial charge >= 0.3 is 0 Å². The van der Waals surface area contributed by atoms with Crippen molar-refractivity contribution in [1.29, 1.82) is 0 Å². The normalized spacial score (nSPS) is 14.4. The van der Waals surface area contributed by atoms with E-state index in [4.69, 9.17) is 0 Å². The van der Waals surface area contributed by atoms with Crippen molar-refractivity contribution < 1.29 is 4.79 Å². The minimum absolute atomic E-state index is 0.0569. The summed E-state index contributed by atoms with van der Waals surface area (Å²) in [6, 6.07) is 10.2. The third-order valence-corrected chi connectivity index (χ3v) is 3.91. The third kappa shape index (κ3) is 4.82. The lowest BCUT2D eigenvalue weighted by Gasteiger charge is -2.20. The molecular weight excluding hydrogens is 230 g/mol. The van der Waals surface area contributed by atoms with Gasteiger partial charge in [-0.3, -0.25) is 4.79 Å². The Bertz CT molecular complexity index is 350. The van der Waals surface area contributed by atoms with E-state index in [1.165, 1.54) is 0 Å². The number of hydrogen-bond donors (Lipinski definition) is 1. The number of carbonyl (C=O) groups excluding carboxylic acids is 1. The van der Waals surface area contributed by atoms with Crippen LogP contribution in [0.25, 0.3) is 0 Å². The first-order valence-corrected chi connectivity index (χ1v) is 6.90. The molecule has 0 heterocycles. The number of thioether (sulfide) groups is 1. The first kappa shape index (κ1) is 14.1. The van der Waals surface area contributed by atoms with Crippen LogP contribution in [0.1, 0.15) is 27.7 Å². The Morgan fingerprint density at radius 2 is 1.71 bits per heavy atom. The van der Waals surface area contributed by atoms with Gasteiger partial charge in [0.05, 0.1) is 5.25 Å². The van der Waals surface area contributed by atoms with Crippen molar-refractivity contribution in [2.24, 2.45) is 5.92 Å². The van der Waals surface area contributed by atoms with Crippen LogP contribution < -0.4 is 5.32 Å². The fourth-order valence-electron chi connectivity index (χ4n) is 1.27. The van der Waals surface area contributed by atoms with E-state index in [-0.39, 0.29) is 17.2 Å². The van der Waals surface area contributed by atoms with Gasteiger partial charge in [0.15, 0.2) is 0 Å². The van der Waals surface area contributed by atoms with Crippen LogP contribution >= 0.6 is 11.8 Å². The molecule has 0 saturated heterocycles. The Morgan fingerprint density at radius 3 is 2.24 bits per heavy atom. The third-order valence-electron chi connectivity index (χ3n) is 2.80. The van der Waals surface area contributed by atoms with Crippen molar-refractivity contribution in [2.45, 2.75) is 43.9 Å². The molecule has 94 valence electrons. The molecule has 3 heteroatoms. The molecule has 1 amide bonds. The predicted octanol–water partition coefficient (Wildman–Crippen LogP) is 3.33. The van der Waals surface area contributed by atoms with E-state index in [0.717, 1.165) is 4.90 Å². The summed E-state index contributed by atoms with van der Waals surface area (Å²) in [4.78, 5) is 13.1. The second kappa shape index (κ2) is 6.70. The summed E-state index contributed by atoms with van der Waals surface area (Å²) in [5, 5.41) is 2.98. The molecule has 1 aromatic rings. The van der Waals surface area contributed by atoms with Crippen molar-refractivity contribution in [2.75, 3.05) is 0 Å². The van der Waals surface area contributed by atoms with Gasteiger partial charge in [-0.2, -0.15) is 0 Å². The zero-order valence-corrected chi connectivity index (χ0v) is 11.8. The van der Waals surface area contributed by atoms with E-state index in [0.29, 0.717) is 5.92 Å². The van der Waals surface area contributed by atoms with Crippen LogP contribution in [0.5, 0.6) is 0 Å². The summed E-state index contributed by atoms with van der Waals surface area (Å²) in [5.74, 6) is 0.577. The molecule has 2 nitrogen and oxygen atoms in total. The lowest BCUT2D eigenvalue weighted by molar-refractivity contribution is -0.121. The monoisotopic (exact) mass is 251 g/mol. The second-order valence-corrected chi connectivity index (χ2v) is 6.03. The molecule has 0 radical (unpaired) electrons. The lowest BCUT2D eigenvalue weighted by atomic mass is 10.1. The molecule has 0 aliphatic rings. The Kier molecular flexibility index (Phi) is 5.56. The highest BCUT2D eigenvalue weighted by Gasteiger charge is 2.17. The van der Waals surface area contributed by atoms with Crippen LogP contribution in [0.15, 0.2) is 35.2 Å². The fourth-order valence-corrected chi connectivity index (χ4v) is 2.16. The van der Waals surface area contributed by atoms with E-state index in [1.54, 1.807) is 11.8 Å². The summed E-state index contributed by atoms with van der Waals surface area (Å²) in [5.41, 5.74) is 0. The minimum atomic E-state index is -0.0569. The second-order valence-electron chi connectivity index (χ2n) is 4.61. The maximum absolute atomic E-state index is 11.9. The zero-order valence-electron chi connectivity index (χ0n) is 10.9. The number of amides is 1. The topological polar surface area (TPSA) is 29.1 Å². The Labute approximate surface area is 108 Å². The molecule has 0 saturated carbocycles. The highest BCUT2D eigenvalue weighted by molar-refractivity contribution is 8.00. The van der Waals surface area contributed by atoms with E-state index >= 15 is 0 Å². The van der Waals surface area contributed by atoms with Gasteiger partial charge in [0, 0.05) is 10.9 Å². The van der Waals surface area contributed by atoms with E-state index in [9.17, 15) is 4.79 Å². The largest absolute Gasteiger partial charge is 0.352 e. The van der Waals surface area contributed by atoms with Gasteiger partial charge in [-0.15, -0.1) is 11.8 Å². The highest BCUT2D eigenvalue weighted by Crippen LogP contribution is 2.22. The molecule has 1 N–H and O–H groups in total. The van der Waals surface area contributed by atoms with Gasteiger partial charge in [-0.25, -0.2) is 0 Å². The van der Waals surface area contributed by atoms with Crippen LogP contribution in [0.2, 0.25) is 0 Å². The Hall–Kier alpha value is -0.960. The number of benzene rings is 1. The predicted molar refractivity (Wildman–Crippen MR) is 74.2 cm³/mol. The molecule has 0 unspecified atom stereocenters. The molecule has 1 rings (SSSR count). The number of carbonyl (C=O) groups is 1. The number of hydrogen-bond acceptors (Lipinski definition) is 2. The van der Waals surface area contributed by atoms with Crippen molar-refractivity contribution in [3.05, 3.63) is 30.3 Å². The molecule has 0 aliphatic carbocycles. The van der Waals surface area contributed by atoms with E-state index in [1.807, 2.05) is 44.2 Å². The minimum Gasteiger partial charge on any atom is -0.352 e. The molecule has 0 fully saturated rings. The SMILES string of the molecule is CC(C)[C@@H](C)NC(=O)[C@H](C)Sc1ccccc1. The standard InChI is InChI=1S/C14H21NOS/c1-10(2)11(3)15-14(16)12(4)17-13-8-6-5-7-9-13/h5-12H,1-4H3,(H,15,16)/t11-,12+/m1/s1. The molecular formula is C14H21NOS. The van der Waals surface area contributed by atoms with Crippen molar-refractivity contribution in [3.63, 3.8) is 0 Å². The fraction of sp³-hybridized carbons (Fsp3) is 0.500. The van der Waals surface area contributed by atoms with Crippen molar-refractivity contribution in [1.82, 2.24) is 5.32 Å². The van der Waals surface area contributed by atoms with Gasteiger partial charge < -0.3 is 5.32 Å². The van der Waals surface area contributed by atoms with E-state index in [2.05, 4.69) is 19.2 Å². The smallest absolute Gasteiger partial charge is 0.233 e. The summed E-state index contributed by atoms with van der Waals surface area (Å²) >= 11 is 1.59. The molecule has 0 aliphatic heterocycles. The molecule has 1 aromatic carbocycles. The quantitative estimate of drug-likeness (QED) is 0.813. The van der Waals surface area contributed by atoms with Crippen LogP contribution in [0, 0.1) is 5.92 Å². The maximum Gasteiger partial charge on any atom is 0.233 e. The molecule has 17 heavy (non-hydrogen) atoms. The highest BCUT2D eigenvalue weighted by atomic mass is 32.2. The van der Waals surface area contributed by atoms with Crippen LogP contribution in [0.4, 0.5) is 0 Å². The van der Waals surface area contributed by atoms with Gasteiger partial charge in [0.2, 0.25) is 5.91 Å². The molecule has 0 spiro atoms. The Morgan fingerprint density at radius 1 is 1.12 bits per heavy atom. The Balaban J connectivity index is 2.48. The average molecular weight is 251 g/mol. The van der Waals surface area contributed by atoms with Crippen LogP contribution in [-0.4, -0.2) is 17.2 Å². The number of nitrogens with one attached hydrogen (secondary N) is 1. The summed E-state index contributed by atoms with van der Waals surface area (Å²) < 4.78 is 0. The summed E-state index contributed by atoms with van der Waals surface area (Å²) in [7, 11) is 0. The zero-order chi connectivity index (χ0) is 12.8. The van der Waals surface area contributed by atoms with Crippen molar-refractivity contribution >= 4 is 17.7 Å². The lowest BCUT2D eigenvalue weighted by Crippen LogP contribution is -2.40. The maximum atomic E-state index is 11.9. The summed E-state index contributed by atoms with van der Waals surface area (Å²) in [6.07, 6.45) is 0. The van der Waals surface area contributed by atoms with E-state index < -0.39 is 0 Å². The first-order valence-electron chi connectivity index (χ1n) is 6.02. The molecule has 0 bridgehead atoms. The van der Waals surface area contributed by atoms with Crippen LogP contribution in [0.3, 0.4) is 0 Å². The van der Waals surface area contributed by atoms with Gasteiger partial charge in [0.1, 0.15) is 0 Å².